The maximum absolute atomic E-state index is 14.9. The number of hydrogen-bond donors (Lipinski definition) is 3. The lowest BCUT2D eigenvalue weighted by molar-refractivity contribution is -0.461. The smallest absolute Gasteiger partial charge is 0.460 e. The van der Waals surface area contributed by atoms with Gasteiger partial charge in [-0.1, -0.05) is 58.1 Å². The molecule has 0 heterocycles. The summed E-state index contributed by atoms with van der Waals surface area (Å²) in [5.41, 5.74) is 0.0449. The highest BCUT2D eigenvalue weighted by atomic mass is 28.4. The van der Waals surface area contributed by atoms with Gasteiger partial charge in [-0.25, -0.2) is 5.48 Å². The van der Waals surface area contributed by atoms with E-state index in [9.17, 15) is 84.5 Å². The summed E-state index contributed by atoms with van der Waals surface area (Å²) in [5.74, 6) is -57.3. The molecule has 1 amide bonds. The second-order valence-corrected chi connectivity index (χ2v) is 18.7. The third-order valence-corrected chi connectivity index (χ3v) is 15.1. The highest BCUT2D eigenvalue weighted by Crippen LogP contribution is 2.64. The van der Waals surface area contributed by atoms with Crippen LogP contribution in [0.3, 0.4) is 0 Å². The molecule has 0 saturated heterocycles. The number of ether oxygens (including phenoxy) is 2. The number of amides is 1. The van der Waals surface area contributed by atoms with Crippen molar-refractivity contribution in [3.05, 3.63) is 54.1 Å². The molecule has 25 heteroatoms. The summed E-state index contributed by atoms with van der Waals surface area (Å²) in [6.07, 6.45) is -5.91. The number of alkyl halides is 17. The first kappa shape index (κ1) is 53.9. The van der Waals surface area contributed by atoms with Crippen molar-refractivity contribution < 1.29 is 104 Å². The number of carbonyl (C=O) groups is 1. The molecule has 0 aliphatic rings. The molecular formula is C34H42F17NO6Si. The second kappa shape index (κ2) is 19.7. The zero-order valence-electron chi connectivity index (χ0n) is 31.6. The molecule has 2 atom stereocenters. The average Bonchev–Trinajstić information content (AvgIpc) is 3.12. The molecule has 7 nitrogen and oxygen atoms in total. The molecule has 0 aliphatic carbocycles. The Hall–Kier alpha value is -3.16. The summed E-state index contributed by atoms with van der Waals surface area (Å²) in [6, 6.07) is 4.35. The van der Waals surface area contributed by atoms with E-state index in [0.717, 1.165) is 6.08 Å². The largest absolute Gasteiger partial charge is 0.491 e. The van der Waals surface area contributed by atoms with Crippen LogP contribution in [-0.4, -0.2) is 98.6 Å². The molecule has 0 fully saturated rings. The average molecular weight is 912 g/mol. The molecule has 1 aromatic carbocycles. The first-order chi connectivity index (χ1) is 26.6. The molecule has 0 aromatic heterocycles. The van der Waals surface area contributed by atoms with Gasteiger partial charge in [-0.3, -0.25) is 10.0 Å². The third kappa shape index (κ3) is 11.0. The lowest BCUT2D eigenvalue weighted by atomic mass is 9.88. The van der Waals surface area contributed by atoms with Crippen LogP contribution in [0, 0.1) is 0 Å². The number of halogens is 17. The van der Waals surface area contributed by atoms with Crippen LogP contribution >= 0.6 is 0 Å². The van der Waals surface area contributed by atoms with Gasteiger partial charge in [0.05, 0.1) is 12.7 Å². The molecule has 0 radical (unpaired) electrons. The van der Waals surface area contributed by atoms with Gasteiger partial charge in [0.2, 0.25) is 0 Å². The highest BCUT2D eigenvalue weighted by molar-refractivity contribution is 6.76. The lowest BCUT2D eigenvalue weighted by Crippen LogP contribution is -2.74. The maximum Gasteiger partial charge on any atom is 0.460 e. The lowest BCUT2D eigenvalue weighted by Gasteiger charge is -2.44. The Morgan fingerprint density at radius 3 is 1.64 bits per heavy atom. The number of aliphatic hydroxyl groups excluding tert-OH is 1. The molecule has 1 aromatic rings. The van der Waals surface area contributed by atoms with Gasteiger partial charge in [-0.15, -0.1) is 0 Å². The van der Waals surface area contributed by atoms with E-state index in [1.54, 1.807) is 6.08 Å². The Morgan fingerprint density at radius 2 is 1.20 bits per heavy atom. The summed E-state index contributed by atoms with van der Waals surface area (Å²) in [5, 5.41) is 19.2. The van der Waals surface area contributed by atoms with E-state index >= 15 is 0 Å². The zero-order chi connectivity index (χ0) is 46.3. The Bertz CT molecular complexity index is 1550. The van der Waals surface area contributed by atoms with E-state index in [1.165, 1.54) is 76.7 Å². The van der Waals surface area contributed by atoms with Crippen LogP contribution in [0.25, 0.3) is 0 Å². The Kier molecular flexibility index (Phi) is 18.0. The minimum absolute atomic E-state index is 0.145. The van der Waals surface area contributed by atoms with Crippen molar-refractivity contribution in [3.8, 4) is 5.75 Å². The summed E-state index contributed by atoms with van der Waals surface area (Å²) in [7, 11) is -2.61. The van der Waals surface area contributed by atoms with Crippen molar-refractivity contribution in [2.75, 3.05) is 20.3 Å². The number of benzene rings is 1. The monoisotopic (exact) mass is 911 g/mol. The van der Waals surface area contributed by atoms with Gasteiger partial charge in [-0.05, 0) is 47.7 Å². The number of methoxy groups -OCH3 is 1. The molecule has 0 spiro atoms. The van der Waals surface area contributed by atoms with E-state index < -0.39 is 104 Å². The van der Waals surface area contributed by atoms with Crippen molar-refractivity contribution in [1.82, 2.24) is 5.48 Å². The number of hydroxylamine groups is 1. The SMILES string of the molecule is CO[C@@H](CC/C=C/C=C/C(=O)NO)[C@@H](O)c1ccc(OCCO[Si](CCC(F)(F)C(F)(F)C(F)(F)C(F)(F)C(F)(F)C(F)(F)C(F)(F)C(F)(F)F)(C(C)C)C(C)C)cc1. The van der Waals surface area contributed by atoms with Crippen molar-refractivity contribution in [1.29, 1.82) is 0 Å². The first-order valence-electron chi connectivity index (χ1n) is 17.2. The summed E-state index contributed by atoms with van der Waals surface area (Å²) < 4.78 is 251. The van der Waals surface area contributed by atoms with E-state index in [-0.39, 0.29) is 12.4 Å². The van der Waals surface area contributed by atoms with Crippen molar-refractivity contribution in [2.24, 2.45) is 0 Å². The predicted octanol–water partition coefficient (Wildman–Crippen LogP) is 10.7. The summed E-state index contributed by atoms with van der Waals surface area (Å²) >= 11 is 0. The number of hydrogen-bond acceptors (Lipinski definition) is 6. The van der Waals surface area contributed by atoms with Gasteiger partial charge in [0, 0.05) is 19.6 Å². The standard InChI is InChI=1S/C34H42F17NO6Si/c1-20(2)59(21(3)4,58-18-17-57-23-14-12-22(13-15-23)26(54)24(56-5)10-8-6-7-9-11-25(53)52-55)19-16-27(35,36)28(37,38)29(39,40)30(41,42)31(43,44)32(45,46)33(47,48)34(49,50)51/h6-7,9,11-15,20-21,24,26,54-55H,8,10,16-19H2,1-5H3,(H,52,53)/b7-6+,11-9+/t24-,26-/m0/s1. The molecule has 0 aliphatic heterocycles. The second-order valence-electron chi connectivity index (χ2n) is 13.7. The number of carbonyl (C=O) groups excluding carboxylic acids is 1. The van der Waals surface area contributed by atoms with Gasteiger partial charge < -0.3 is 19.0 Å². The van der Waals surface area contributed by atoms with Gasteiger partial charge in [0.1, 0.15) is 18.5 Å². The number of aliphatic hydroxyl groups is 1. The Balaban J connectivity index is 3.14. The van der Waals surface area contributed by atoms with Crippen LogP contribution in [0.15, 0.2) is 48.6 Å². The fraction of sp³-hybridized carbons (Fsp3) is 0.676. The third-order valence-electron chi connectivity index (χ3n) is 9.39. The number of nitrogens with one attached hydrogen (secondary N) is 1. The summed E-state index contributed by atoms with van der Waals surface area (Å²) in [6.45, 7) is 4.38. The molecule has 0 saturated carbocycles. The first-order valence-corrected chi connectivity index (χ1v) is 19.4. The van der Waals surface area contributed by atoms with Crippen LogP contribution < -0.4 is 10.2 Å². The summed E-state index contributed by atoms with van der Waals surface area (Å²) in [4.78, 5) is 10.9. The Morgan fingerprint density at radius 1 is 0.729 bits per heavy atom. The van der Waals surface area contributed by atoms with Gasteiger partial charge in [-0.2, -0.15) is 74.6 Å². The molecule has 59 heavy (non-hydrogen) atoms. The number of allylic oxidation sites excluding steroid dienone is 3. The van der Waals surface area contributed by atoms with Crippen LogP contribution in [0.2, 0.25) is 17.1 Å². The molecule has 342 valence electrons. The maximum atomic E-state index is 14.9. The molecule has 0 bridgehead atoms. The minimum atomic E-state index is -8.69. The molecule has 0 unspecified atom stereocenters. The Labute approximate surface area is 327 Å². The van der Waals surface area contributed by atoms with Crippen LogP contribution in [0.4, 0.5) is 74.6 Å². The van der Waals surface area contributed by atoms with Gasteiger partial charge in [0.25, 0.3) is 5.91 Å². The molecule has 1 rings (SSSR count). The van der Waals surface area contributed by atoms with Crippen LogP contribution in [0.5, 0.6) is 5.75 Å². The van der Waals surface area contributed by atoms with E-state index in [0.29, 0.717) is 18.4 Å². The fourth-order valence-electron chi connectivity index (χ4n) is 5.74. The van der Waals surface area contributed by atoms with Crippen LogP contribution in [-0.2, 0) is 14.0 Å². The van der Waals surface area contributed by atoms with E-state index in [1.807, 2.05) is 0 Å². The van der Waals surface area contributed by atoms with Crippen LogP contribution in [0.1, 0.15) is 58.6 Å². The predicted molar refractivity (Wildman–Crippen MR) is 177 cm³/mol. The zero-order valence-corrected chi connectivity index (χ0v) is 32.6. The van der Waals surface area contributed by atoms with Gasteiger partial charge >= 0.3 is 47.6 Å². The molecule has 3 N–H and O–H groups in total. The highest BCUT2D eigenvalue weighted by Gasteiger charge is 2.95. The van der Waals surface area contributed by atoms with Crippen molar-refractivity contribution in [2.45, 2.75) is 124 Å². The molecular weight excluding hydrogens is 869 g/mol. The fourth-order valence-corrected chi connectivity index (χ4v) is 10.2. The van der Waals surface area contributed by atoms with E-state index in [4.69, 9.17) is 19.1 Å². The normalized spacial score (nSPS) is 15.8. The van der Waals surface area contributed by atoms with Crippen molar-refractivity contribution in [3.63, 3.8) is 0 Å². The minimum Gasteiger partial charge on any atom is -0.491 e. The van der Waals surface area contributed by atoms with Gasteiger partial charge in [0.15, 0.2) is 8.32 Å². The topological polar surface area (TPSA) is 97.3 Å². The quantitative estimate of drug-likeness (QED) is 0.0182. The van der Waals surface area contributed by atoms with E-state index in [2.05, 4.69) is 0 Å². The number of rotatable bonds is 24. The van der Waals surface area contributed by atoms with Crippen molar-refractivity contribution >= 4 is 14.2 Å².